The summed E-state index contributed by atoms with van der Waals surface area (Å²) in [5, 5.41) is 4.84. The van der Waals surface area contributed by atoms with Gasteiger partial charge in [0.2, 0.25) is 0 Å². The molecule has 0 aromatic heterocycles. The first-order valence-corrected chi connectivity index (χ1v) is 8.84. The molecule has 3 aromatic carbocycles. The van der Waals surface area contributed by atoms with E-state index in [1.54, 1.807) is 43.5 Å². The summed E-state index contributed by atoms with van der Waals surface area (Å²) in [6, 6.07) is 17.6. The zero-order chi connectivity index (χ0) is 19.9. The van der Waals surface area contributed by atoms with Crippen LogP contribution in [0.1, 0.15) is 0 Å². The molecule has 0 saturated carbocycles. The van der Waals surface area contributed by atoms with E-state index in [4.69, 9.17) is 25.8 Å². The van der Waals surface area contributed by atoms with Gasteiger partial charge in [0.05, 0.1) is 7.11 Å². The molecule has 3 rings (SSSR count). The van der Waals surface area contributed by atoms with E-state index < -0.39 is 18.5 Å². The summed E-state index contributed by atoms with van der Waals surface area (Å²) in [7, 11) is 1.56. The Morgan fingerprint density at radius 1 is 0.929 bits per heavy atom. The van der Waals surface area contributed by atoms with Crippen molar-refractivity contribution in [2.75, 3.05) is 25.6 Å². The number of amides is 1. The van der Waals surface area contributed by atoms with Crippen LogP contribution in [0.4, 0.5) is 5.69 Å². The molecule has 7 heteroatoms. The third kappa shape index (κ3) is 4.92. The van der Waals surface area contributed by atoms with Crippen molar-refractivity contribution in [3.8, 4) is 11.5 Å². The van der Waals surface area contributed by atoms with Crippen molar-refractivity contribution in [3.05, 3.63) is 65.7 Å². The molecule has 1 N–H and O–H groups in total. The Bertz CT molecular complexity index is 988. The van der Waals surface area contributed by atoms with Gasteiger partial charge >= 0.3 is 5.97 Å². The fraction of sp³-hybridized carbons (Fsp3) is 0.143. The molecule has 0 radical (unpaired) electrons. The van der Waals surface area contributed by atoms with Crippen LogP contribution < -0.4 is 14.8 Å². The molecule has 3 aromatic rings. The quantitative estimate of drug-likeness (QED) is 0.606. The second-order valence-electron chi connectivity index (χ2n) is 5.82. The topological polar surface area (TPSA) is 73.9 Å². The highest BCUT2D eigenvalue weighted by atomic mass is 35.5. The van der Waals surface area contributed by atoms with Gasteiger partial charge in [0.1, 0.15) is 11.5 Å². The van der Waals surface area contributed by atoms with Gasteiger partial charge in [0.15, 0.2) is 13.2 Å². The summed E-state index contributed by atoms with van der Waals surface area (Å²) >= 11 is 6.16. The first kappa shape index (κ1) is 19.5. The number of carbonyl (C=O) groups excluding carboxylic acids is 2. The lowest BCUT2D eigenvalue weighted by atomic mass is 10.1. The van der Waals surface area contributed by atoms with Crippen LogP contribution in [0.25, 0.3) is 10.8 Å². The molecule has 0 saturated heterocycles. The molecule has 0 spiro atoms. The largest absolute Gasteiger partial charge is 0.497 e. The molecule has 0 aliphatic heterocycles. The number of nitrogens with one attached hydrogen (secondary N) is 1. The van der Waals surface area contributed by atoms with Gasteiger partial charge < -0.3 is 19.5 Å². The van der Waals surface area contributed by atoms with Crippen LogP contribution >= 0.6 is 11.6 Å². The van der Waals surface area contributed by atoms with Crippen LogP contribution in [0.2, 0.25) is 5.02 Å². The Labute approximate surface area is 167 Å². The summed E-state index contributed by atoms with van der Waals surface area (Å²) in [5.74, 6) is 0.0929. The van der Waals surface area contributed by atoms with Crippen molar-refractivity contribution in [3.63, 3.8) is 0 Å². The van der Waals surface area contributed by atoms with Gasteiger partial charge in [-0.2, -0.15) is 0 Å². The predicted octanol–water partition coefficient (Wildman–Crippen LogP) is 4.06. The van der Waals surface area contributed by atoms with Crippen LogP contribution in [-0.4, -0.2) is 32.2 Å². The van der Waals surface area contributed by atoms with Crippen molar-refractivity contribution < 1.29 is 23.8 Å². The Morgan fingerprint density at radius 3 is 2.36 bits per heavy atom. The van der Waals surface area contributed by atoms with Crippen LogP contribution in [0.5, 0.6) is 11.5 Å². The third-order valence-electron chi connectivity index (χ3n) is 3.91. The van der Waals surface area contributed by atoms with E-state index in [-0.39, 0.29) is 6.61 Å². The molecule has 28 heavy (non-hydrogen) atoms. The molecule has 0 unspecified atom stereocenters. The van der Waals surface area contributed by atoms with Crippen LogP contribution in [0.3, 0.4) is 0 Å². The zero-order valence-electron chi connectivity index (χ0n) is 15.1. The lowest BCUT2D eigenvalue weighted by molar-refractivity contribution is -0.149. The highest BCUT2D eigenvalue weighted by Gasteiger charge is 2.11. The average Bonchev–Trinajstić information content (AvgIpc) is 2.72. The molecular formula is C21H18ClNO5. The number of hydrogen-bond donors (Lipinski definition) is 1. The van der Waals surface area contributed by atoms with Gasteiger partial charge in [-0.15, -0.1) is 0 Å². The predicted molar refractivity (Wildman–Crippen MR) is 107 cm³/mol. The monoisotopic (exact) mass is 399 g/mol. The summed E-state index contributed by atoms with van der Waals surface area (Å²) in [6.07, 6.45) is 0. The van der Waals surface area contributed by atoms with Crippen molar-refractivity contribution in [2.24, 2.45) is 0 Å². The van der Waals surface area contributed by atoms with Gasteiger partial charge in [-0.05, 0) is 36.4 Å². The minimum atomic E-state index is -0.649. The van der Waals surface area contributed by atoms with Gasteiger partial charge in [0, 0.05) is 21.5 Å². The minimum absolute atomic E-state index is 0.318. The molecule has 0 aliphatic carbocycles. The number of methoxy groups -OCH3 is 1. The Hall–Kier alpha value is -3.25. The SMILES string of the molecule is COc1ccc(NC(=O)COC(=O)COc2ccc(Cl)c3ccccc23)cc1. The zero-order valence-corrected chi connectivity index (χ0v) is 15.9. The normalized spacial score (nSPS) is 10.4. The number of benzene rings is 3. The van der Waals surface area contributed by atoms with Gasteiger partial charge in [0.25, 0.3) is 5.91 Å². The first-order chi connectivity index (χ1) is 13.6. The number of ether oxygens (including phenoxy) is 3. The number of hydrogen-bond acceptors (Lipinski definition) is 5. The average molecular weight is 400 g/mol. The van der Waals surface area contributed by atoms with Crippen molar-refractivity contribution in [1.29, 1.82) is 0 Å². The lowest BCUT2D eigenvalue weighted by Crippen LogP contribution is -2.23. The molecule has 0 heterocycles. The first-order valence-electron chi connectivity index (χ1n) is 8.46. The van der Waals surface area contributed by atoms with Gasteiger partial charge in [-0.25, -0.2) is 4.79 Å². The lowest BCUT2D eigenvalue weighted by Gasteiger charge is -2.10. The molecule has 144 valence electrons. The number of rotatable bonds is 7. The number of anilines is 1. The van der Waals surface area contributed by atoms with Gasteiger partial charge in [-0.3, -0.25) is 4.79 Å². The van der Waals surface area contributed by atoms with Crippen LogP contribution in [0, 0.1) is 0 Å². The Morgan fingerprint density at radius 2 is 1.64 bits per heavy atom. The summed E-state index contributed by atoms with van der Waals surface area (Å²) in [5.41, 5.74) is 0.575. The van der Waals surface area contributed by atoms with E-state index in [2.05, 4.69) is 5.32 Å². The second kappa shape index (κ2) is 9.10. The van der Waals surface area contributed by atoms with E-state index in [0.29, 0.717) is 22.2 Å². The van der Waals surface area contributed by atoms with Crippen molar-refractivity contribution in [1.82, 2.24) is 0 Å². The van der Waals surface area contributed by atoms with Gasteiger partial charge in [-0.1, -0.05) is 35.9 Å². The molecular weight excluding hydrogens is 382 g/mol. The maximum absolute atomic E-state index is 11.9. The Kier molecular flexibility index (Phi) is 6.34. The number of carbonyl (C=O) groups is 2. The van der Waals surface area contributed by atoms with Crippen LogP contribution in [0.15, 0.2) is 60.7 Å². The fourth-order valence-electron chi connectivity index (χ4n) is 2.56. The summed E-state index contributed by atoms with van der Waals surface area (Å²) in [4.78, 5) is 23.8. The molecule has 0 fully saturated rings. The standard InChI is InChI=1S/C21H18ClNO5/c1-26-15-8-6-14(7-9-15)23-20(24)12-28-21(25)13-27-19-11-10-18(22)16-4-2-3-5-17(16)19/h2-11H,12-13H2,1H3,(H,23,24). The second-order valence-corrected chi connectivity index (χ2v) is 6.22. The highest BCUT2D eigenvalue weighted by molar-refractivity contribution is 6.35. The van der Waals surface area contributed by atoms with Crippen LogP contribution in [-0.2, 0) is 14.3 Å². The van der Waals surface area contributed by atoms with Crippen molar-refractivity contribution in [2.45, 2.75) is 0 Å². The maximum atomic E-state index is 11.9. The highest BCUT2D eigenvalue weighted by Crippen LogP contribution is 2.31. The molecule has 6 nitrogen and oxygen atoms in total. The van der Waals surface area contributed by atoms with E-state index in [1.165, 1.54) is 0 Å². The van der Waals surface area contributed by atoms with E-state index in [0.717, 1.165) is 10.8 Å². The fourth-order valence-corrected chi connectivity index (χ4v) is 2.78. The summed E-state index contributed by atoms with van der Waals surface area (Å²) in [6.45, 7) is -0.725. The Balaban J connectivity index is 1.49. The molecule has 0 aliphatic rings. The smallest absolute Gasteiger partial charge is 0.344 e. The number of halogens is 1. The molecule has 1 amide bonds. The minimum Gasteiger partial charge on any atom is -0.497 e. The molecule has 0 atom stereocenters. The van der Waals surface area contributed by atoms with E-state index in [1.807, 2.05) is 24.3 Å². The number of fused-ring (bicyclic) bond motifs is 1. The van der Waals surface area contributed by atoms with Crippen molar-refractivity contribution >= 4 is 39.9 Å². The number of esters is 1. The van der Waals surface area contributed by atoms with E-state index >= 15 is 0 Å². The third-order valence-corrected chi connectivity index (χ3v) is 4.24. The maximum Gasteiger partial charge on any atom is 0.344 e. The van der Waals surface area contributed by atoms with E-state index in [9.17, 15) is 9.59 Å². The summed E-state index contributed by atoms with van der Waals surface area (Å²) < 4.78 is 15.5. The molecule has 0 bridgehead atoms.